The van der Waals surface area contributed by atoms with E-state index in [4.69, 9.17) is 14.0 Å². The van der Waals surface area contributed by atoms with E-state index in [1.54, 1.807) is 45.4 Å². The Kier molecular flexibility index (Phi) is 7.25. The summed E-state index contributed by atoms with van der Waals surface area (Å²) in [4.78, 5) is 30.1. The largest absolute Gasteiger partial charge is 0.493 e. The van der Waals surface area contributed by atoms with E-state index in [9.17, 15) is 14.9 Å². The second-order valence-electron chi connectivity index (χ2n) is 8.33. The number of benzene rings is 2. The van der Waals surface area contributed by atoms with Gasteiger partial charge in [0.25, 0.3) is 5.69 Å². The number of piperidine rings is 1. The molecule has 1 aromatic heterocycles. The molecule has 4 rings (SSSR count). The number of nitro benzene ring substituents is 1. The summed E-state index contributed by atoms with van der Waals surface area (Å²) in [5, 5.41) is 18.1. The second-order valence-corrected chi connectivity index (χ2v) is 8.33. The maximum absolute atomic E-state index is 12.8. The summed E-state index contributed by atoms with van der Waals surface area (Å²) < 4.78 is 16.0. The number of hydrogen-bond donors (Lipinski definition) is 1. The van der Waals surface area contributed by atoms with E-state index in [2.05, 4.69) is 20.4 Å². The fraction of sp³-hybridized carbons (Fsp3) is 0.375. The quantitative estimate of drug-likeness (QED) is 0.376. The molecule has 2 heterocycles. The van der Waals surface area contributed by atoms with Crippen molar-refractivity contribution < 1.29 is 23.7 Å². The zero-order chi connectivity index (χ0) is 24.9. The first kappa shape index (κ1) is 24.1. The van der Waals surface area contributed by atoms with Crippen molar-refractivity contribution in [2.45, 2.75) is 26.3 Å². The van der Waals surface area contributed by atoms with Gasteiger partial charge in [0.15, 0.2) is 11.5 Å². The Hall–Kier alpha value is -3.99. The average molecular weight is 482 g/mol. The number of nitro groups is 1. The zero-order valence-corrected chi connectivity index (χ0v) is 19.8. The van der Waals surface area contributed by atoms with E-state index in [0.717, 1.165) is 5.56 Å². The highest BCUT2D eigenvalue weighted by Crippen LogP contribution is 2.31. The van der Waals surface area contributed by atoms with Crippen LogP contribution in [0.1, 0.15) is 24.3 Å². The lowest BCUT2D eigenvalue weighted by Gasteiger charge is -2.30. The van der Waals surface area contributed by atoms with E-state index in [-0.39, 0.29) is 17.5 Å². The van der Waals surface area contributed by atoms with Crippen LogP contribution in [-0.4, -0.2) is 53.2 Å². The van der Waals surface area contributed by atoms with Gasteiger partial charge in [0.1, 0.15) is 0 Å². The molecule has 0 saturated carbocycles. The van der Waals surface area contributed by atoms with Crippen molar-refractivity contribution in [2.24, 2.45) is 5.92 Å². The number of anilines is 1. The third kappa shape index (κ3) is 5.40. The Morgan fingerprint density at radius 3 is 2.63 bits per heavy atom. The van der Waals surface area contributed by atoms with E-state index in [0.29, 0.717) is 66.9 Å². The average Bonchev–Trinajstić information content (AvgIpc) is 3.33. The normalized spacial score (nSPS) is 14.5. The summed E-state index contributed by atoms with van der Waals surface area (Å²) in [6.45, 7) is 3.51. The van der Waals surface area contributed by atoms with Crippen molar-refractivity contribution in [3.05, 3.63) is 58.0 Å². The first-order valence-corrected chi connectivity index (χ1v) is 11.2. The Labute approximate surface area is 202 Å². The fourth-order valence-electron chi connectivity index (χ4n) is 4.15. The second kappa shape index (κ2) is 10.5. The van der Waals surface area contributed by atoms with Crippen molar-refractivity contribution in [2.75, 3.05) is 32.6 Å². The molecule has 1 saturated heterocycles. The van der Waals surface area contributed by atoms with Gasteiger partial charge in [0.05, 0.1) is 36.9 Å². The molecule has 11 nitrogen and oxygen atoms in total. The SMILES string of the molecule is COc1ccc(-c2noc(CN3CCC(C(=O)Nc4cccc([N+](=O)[O-])c4C)CC3)n2)cc1OC. The Morgan fingerprint density at radius 1 is 1.20 bits per heavy atom. The maximum Gasteiger partial charge on any atom is 0.274 e. The molecular weight excluding hydrogens is 454 g/mol. The molecule has 2 aromatic carbocycles. The van der Waals surface area contributed by atoms with Crippen molar-refractivity contribution in [3.63, 3.8) is 0 Å². The number of nitrogens with zero attached hydrogens (tertiary/aromatic N) is 4. The molecule has 1 N–H and O–H groups in total. The predicted molar refractivity (Wildman–Crippen MR) is 127 cm³/mol. The van der Waals surface area contributed by atoms with Gasteiger partial charge >= 0.3 is 0 Å². The van der Waals surface area contributed by atoms with Crippen LogP contribution in [0.4, 0.5) is 11.4 Å². The van der Waals surface area contributed by atoms with Crippen LogP contribution >= 0.6 is 0 Å². The third-order valence-corrected chi connectivity index (χ3v) is 6.19. The van der Waals surface area contributed by atoms with Crippen LogP contribution in [0.15, 0.2) is 40.9 Å². The van der Waals surface area contributed by atoms with Crippen LogP contribution < -0.4 is 14.8 Å². The molecule has 1 aliphatic rings. The highest BCUT2D eigenvalue weighted by Gasteiger charge is 2.27. The van der Waals surface area contributed by atoms with Crippen molar-refractivity contribution >= 4 is 17.3 Å². The number of hydrogen-bond acceptors (Lipinski definition) is 9. The molecule has 0 aliphatic carbocycles. The number of carbonyl (C=O) groups is 1. The molecule has 0 atom stereocenters. The first-order valence-electron chi connectivity index (χ1n) is 11.2. The van der Waals surface area contributed by atoms with Crippen LogP contribution in [0.5, 0.6) is 11.5 Å². The molecule has 1 aliphatic heterocycles. The zero-order valence-electron chi connectivity index (χ0n) is 19.8. The number of methoxy groups -OCH3 is 2. The Bertz CT molecular complexity index is 1220. The number of carbonyl (C=O) groups excluding carboxylic acids is 1. The standard InChI is InChI=1S/C24H27N5O6/c1-15-18(5-4-6-19(15)29(31)32)25-24(30)16-9-11-28(12-10-16)14-22-26-23(27-35-22)17-7-8-20(33-2)21(13-17)34-3/h4-8,13,16H,9-12,14H2,1-3H3,(H,25,30). The highest BCUT2D eigenvalue weighted by atomic mass is 16.6. The molecule has 0 spiro atoms. The van der Waals surface area contributed by atoms with Gasteiger partial charge < -0.3 is 19.3 Å². The number of ether oxygens (including phenoxy) is 2. The van der Waals surface area contributed by atoms with Gasteiger partial charge in [0.2, 0.25) is 17.6 Å². The van der Waals surface area contributed by atoms with Crippen LogP contribution in [0.2, 0.25) is 0 Å². The number of nitrogens with one attached hydrogen (secondary N) is 1. The summed E-state index contributed by atoms with van der Waals surface area (Å²) in [6.07, 6.45) is 1.33. The van der Waals surface area contributed by atoms with Crippen molar-refractivity contribution in [3.8, 4) is 22.9 Å². The van der Waals surface area contributed by atoms with Gasteiger partial charge in [-0.2, -0.15) is 4.98 Å². The monoisotopic (exact) mass is 481 g/mol. The molecule has 0 unspecified atom stereocenters. The summed E-state index contributed by atoms with van der Waals surface area (Å²) in [5.74, 6) is 1.86. The minimum absolute atomic E-state index is 0.00960. The summed E-state index contributed by atoms with van der Waals surface area (Å²) in [6, 6.07) is 10.1. The van der Waals surface area contributed by atoms with E-state index in [1.165, 1.54) is 6.07 Å². The molecule has 1 fully saturated rings. The van der Waals surface area contributed by atoms with E-state index >= 15 is 0 Å². The fourth-order valence-corrected chi connectivity index (χ4v) is 4.15. The maximum atomic E-state index is 12.8. The molecule has 11 heteroatoms. The molecule has 1 amide bonds. The number of amides is 1. The van der Waals surface area contributed by atoms with Gasteiger partial charge in [-0.15, -0.1) is 0 Å². The van der Waals surface area contributed by atoms with Crippen LogP contribution in [0, 0.1) is 23.0 Å². The summed E-state index contributed by atoms with van der Waals surface area (Å²) in [7, 11) is 3.14. The smallest absolute Gasteiger partial charge is 0.274 e. The lowest BCUT2D eigenvalue weighted by atomic mass is 9.95. The minimum Gasteiger partial charge on any atom is -0.493 e. The van der Waals surface area contributed by atoms with Gasteiger partial charge in [-0.1, -0.05) is 11.2 Å². The molecule has 3 aromatic rings. The Morgan fingerprint density at radius 2 is 1.94 bits per heavy atom. The molecule has 35 heavy (non-hydrogen) atoms. The van der Waals surface area contributed by atoms with Crippen LogP contribution in [0.3, 0.4) is 0 Å². The summed E-state index contributed by atoms with van der Waals surface area (Å²) in [5.41, 5.74) is 1.67. The first-order chi connectivity index (χ1) is 16.9. The van der Waals surface area contributed by atoms with Gasteiger partial charge in [0, 0.05) is 17.5 Å². The number of aromatic nitrogens is 2. The van der Waals surface area contributed by atoms with Gasteiger partial charge in [-0.3, -0.25) is 19.8 Å². The Balaban J connectivity index is 1.32. The third-order valence-electron chi connectivity index (χ3n) is 6.19. The van der Waals surface area contributed by atoms with Gasteiger partial charge in [-0.25, -0.2) is 0 Å². The number of rotatable bonds is 8. The van der Waals surface area contributed by atoms with Crippen LogP contribution in [-0.2, 0) is 11.3 Å². The molecule has 184 valence electrons. The van der Waals surface area contributed by atoms with Crippen molar-refractivity contribution in [1.82, 2.24) is 15.0 Å². The topological polar surface area (TPSA) is 133 Å². The lowest BCUT2D eigenvalue weighted by molar-refractivity contribution is -0.385. The predicted octanol–water partition coefficient (Wildman–Crippen LogP) is 3.82. The van der Waals surface area contributed by atoms with Gasteiger partial charge in [-0.05, 0) is 57.1 Å². The van der Waals surface area contributed by atoms with E-state index < -0.39 is 4.92 Å². The number of likely N-dealkylation sites (tertiary alicyclic amines) is 1. The van der Waals surface area contributed by atoms with Crippen LogP contribution in [0.25, 0.3) is 11.4 Å². The highest BCUT2D eigenvalue weighted by molar-refractivity contribution is 5.93. The molecule has 0 bridgehead atoms. The molecular formula is C24H27N5O6. The summed E-state index contributed by atoms with van der Waals surface area (Å²) >= 11 is 0. The lowest BCUT2D eigenvalue weighted by Crippen LogP contribution is -2.37. The molecule has 0 radical (unpaired) electrons. The minimum atomic E-state index is -0.447. The van der Waals surface area contributed by atoms with E-state index in [1.807, 2.05) is 6.07 Å². The van der Waals surface area contributed by atoms with Crippen molar-refractivity contribution in [1.29, 1.82) is 0 Å².